The molecule has 2 heterocycles. The highest BCUT2D eigenvalue weighted by atomic mass is 16.3. The van der Waals surface area contributed by atoms with Gasteiger partial charge in [0.2, 0.25) is 11.8 Å². The Morgan fingerprint density at radius 3 is 2.45 bits per heavy atom. The van der Waals surface area contributed by atoms with Crippen molar-refractivity contribution >= 4 is 34.2 Å². The average Bonchev–Trinajstić information content (AvgIpc) is 3.32. The fourth-order valence-corrected chi connectivity index (χ4v) is 7.92. The summed E-state index contributed by atoms with van der Waals surface area (Å²) >= 11 is 0. The van der Waals surface area contributed by atoms with Crippen molar-refractivity contribution in [3.63, 3.8) is 0 Å². The molecule has 3 N–H and O–H groups in total. The second kappa shape index (κ2) is 13.0. The number of amides is 2. The number of imide groups is 1. The molecule has 2 fully saturated rings. The fourth-order valence-electron chi connectivity index (χ4n) is 7.92. The SMILES string of the molecule is CCC1=C([C@H](O)CC/C(=C/c2ccc(O)c3ccccc23)c2ccccn2)[C@H](CO)[C@@H]2C(=O)N(C3CCCCC3)C(=O)[C@@H]2C1. The zero-order valence-electron chi connectivity index (χ0n) is 25.4. The van der Waals surface area contributed by atoms with Crippen molar-refractivity contribution in [2.24, 2.45) is 17.8 Å². The molecule has 0 unspecified atom stereocenters. The van der Waals surface area contributed by atoms with Gasteiger partial charge >= 0.3 is 0 Å². The van der Waals surface area contributed by atoms with Crippen molar-refractivity contribution in [1.29, 1.82) is 0 Å². The number of hydrogen-bond donors (Lipinski definition) is 3. The monoisotopic (exact) mass is 594 g/mol. The van der Waals surface area contributed by atoms with Crippen LogP contribution in [0.2, 0.25) is 0 Å². The van der Waals surface area contributed by atoms with Gasteiger partial charge < -0.3 is 15.3 Å². The number of nitrogens with zero attached hydrogens (tertiary/aromatic N) is 2. The molecule has 4 atom stereocenters. The van der Waals surface area contributed by atoms with Gasteiger partial charge in [0.15, 0.2) is 0 Å². The molecule has 3 aliphatic rings. The standard InChI is InChI=1S/C37H42N2O5/c1-2-23-21-29-35(37(44)39(36(29)43)26-10-4-3-5-11-26)30(22-40)34(23)33(42)18-16-25(31-14-8-9-19-38-31)20-24-15-17-32(41)28-13-7-6-12-27(24)28/h6-9,12-15,17,19-20,26,29-30,33,35,40-42H,2-5,10-11,16,18,21-22H2,1H3/b25-20-/t29-,30+,33-,35-/m1/s1. The minimum Gasteiger partial charge on any atom is -0.507 e. The van der Waals surface area contributed by atoms with Gasteiger partial charge in [-0.25, -0.2) is 0 Å². The van der Waals surface area contributed by atoms with Gasteiger partial charge in [-0.1, -0.05) is 68.2 Å². The molecule has 2 aromatic carbocycles. The van der Waals surface area contributed by atoms with Gasteiger partial charge in [-0.3, -0.25) is 19.5 Å². The number of aliphatic hydroxyl groups is 2. The van der Waals surface area contributed by atoms with Crippen LogP contribution in [0.4, 0.5) is 0 Å². The summed E-state index contributed by atoms with van der Waals surface area (Å²) in [6.45, 7) is 1.74. The normalized spacial score (nSPS) is 23.8. The predicted octanol–water partition coefficient (Wildman–Crippen LogP) is 6.27. The van der Waals surface area contributed by atoms with Gasteiger partial charge in [0.25, 0.3) is 0 Å². The van der Waals surface area contributed by atoms with E-state index in [0.717, 1.165) is 70.9 Å². The fraction of sp³-hybridized carbons (Fsp3) is 0.432. The molecule has 7 heteroatoms. The topological polar surface area (TPSA) is 111 Å². The maximum absolute atomic E-state index is 13.8. The molecule has 0 spiro atoms. The van der Waals surface area contributed by atoms with E-state index in [1.165, 1.54) is 4.90 Å². The number of hydrogen-bond acceptors (Lipinski definition) is 6. The van der Waals surface area contributed by atoms with E-state index in [2.05, 4.69) is 11.1 Å². The Morgan fingerprint density at radius 2 is 1.75 bits per heavy atom. The highest BCUT2D eigenvalue weighted by molar-refractivity contribution is 6.06. The first-order chi connectivity index (χ1) is 21.4. The first-order valence-corrected chi connectivity index (χ1v) is 16.1. The van der Waals surface area contributed by atoms with E-state index in [-0.39, 0.29) is 30.2 Å². The summed E-state index contributed by atoms with van der Waals surface area (Å²) in [7, 11) is 0. The number of pyridine rings is 1. The Bertz CT molecular complexity index is 1590. The summed E-state index contributed by atoms with van der Waals surface area (Å²) < 4.78 is 0. The van der Waals surface area contributed by atoms with Crippen LogP contribution in [0, 0.1) is 17.8 Å². The van der Waals surface area contributed by atoms with E-state index < -0.39 is 23.9 Å². The highest BCUT2D eigenvalue weighted by Gasteiger charge is 2.56. The maximum Gasteiger partial charge on any atom is 0.234 e. The average molecular weight is 595 g/mol. The van der Waals surface area contributed by atoms with Crippen LogP contribution in [0.3, 0.4) is 0 Å². The van der Waals surface area contributed by atoms with Gasteiger partial charge in [0.05, 0.1) is 30.2 Å². The van der Waals surface area contributed by atoms with Gasteiger partial charge in [-0.15, -0.1) is 0 Å². The van der Waals surface area contributed by atoms with Crippen molar-refractivity contribution in [3.05, 3.63) is 83.2 Å². The highest BCUT2D eigenvalue weighted by Crippen LogP contribution is 2.48. The van der Waals surface area contributed by atoms with Crippen LogP contribution in [0.25, 0.3) is 22.4 Å². The van der Waals surface area contributed by atoms with Crippen LogP contribution >= 0.6 is 0 Å². The summed E-state index contributed by atoms with van der Waals surface area (Å²) in [5, 5.41) is 34.5. The van der Waals surface area contributed by atoms with Gasteiger partial charge in [0, 0.05) is 23.5 Å². The van der Waals surface area contributed by atoms with Gasteiger partial charge in [-0.2, -0.15) is 0 Å². The van der Waals surface area contributed by atoms with Crippen molar-refractivity contribution in [2.75, 3.05) is 6.61 Å². The molecule has 44 heavy (non-hydrogen) atoms. The van der Waals surface area contributed by atoms with E-state index in [4.69, 9.17) is 0 Å². The number of carbonyl (C=O) groups is 2. The summed E-state index contributed by atoms with van der Waals surface area (Å²) in [5.41, 5.74) is 4.39. The maximum atomic E-state index is 13.8. The van der Waals surface area contributed by atoms with Crippen LogP contribution in [-0.4, -0.2) is 55.8 Å². The zero-order chi connectivity index (χ0) is 30.8. The molecule has 230 valence electrons. The number of aromatic hydroxyl groups is 1. The lowest BCUT2D eigenvalue weighted by Crippen LogP contribution is -2.42. The van der Waals surface area contributed by atoms with Crippen molar-refractivity contribution in [1.82, 2.24) is 9.88 Å². The molecule has 2 aliphatic carbocycles. The number of phenols is 1. The first-order valence-electron chi connectivity index (χ1n) is 16.1. The second-order valence-corrected chi connectivity index (χ2v) is 12.5. The van der Waals surface area contributed by atoms with Crippen LogP contribution in [0.5, 0.6) is 5.75 Å². The van der Waals surface area contributed by atoms with E-state index in [0.29, 0.717) is 25.7 Å². The Morgan fingerprint density at radius 1 is 1.00 bits per heavy atom. The number of allylic oxidation sites excluding steroid dienone is 2. The molecule has 0 radical (unpaired) electrons. The van der Waals surface area contributed by atoms with Crippen LogP contribution in [0.1, 0.15) is 76.0 Å². The third-order valence-electron chi connectivity index (χ3n) is 10.1. The van der Waals surface area contributed by atoms with Gasteiger partial charge in [-0.05, 0) is 84.9 Å². The first kappa shape index (κ1) is 30.2. The molecule has 7 nitrogen and oxygen atoms in total. The minimum atomic E-state index is -0.877. The lowest BCUT2D eigenvalue weighted by molar-refractivity contribution is -0.143. The number of aliphatic hydroxyl groups excluding tert-OH is 2. The van der Waals surface area contributed by atoms with Gasteiger partial charge in [0.1, 0.15) is 5.75 Å². The number of aromatic nitrogens is 1. The van der Waals surface area contributed by atoms with E-state index in [1.54, 1.807) is 12.3 Å². The lowest BCUT2D eigenvalue weighted by Gasteiger charge is -2.36. The number of benzene rings is 2. The third kappa shape index (κ3) is 5.59. The molecule has 1 saturated heterocycles. The largest absolute Gasteiger partial charge is 0.507 e. The Kier molecular flexibility index (Phi) is 8.96. The molecule has 1 aromatic heterocycles. The summed E-state index contributed by atoms with van der Waals surface area (Å²) in [5.74, 6) is -1.69. The minimum absolute atomic E-state index is 0.0470. The van der Waals surface area contributed by atoms with Crippen molar-refractivity contribution in [2.45, 2.75) is 76.9 Å². The molecular formula is C37H42N2O5. The van der Waals surface area contributed by atoms with E-state index >= 15 is 0 Å². The lowest BCUT2D eigenvalue weighted by atomic mass is 9.67. The number of carbonyl (C=O) groups excluding carboxylic acids is 2. The molecule has 0 bridgehead atoms. The number of phenolic OH excluding ortho intramolecular Hbond substituents is 1. The molecule has 1 saturated carbocycles. The summed E-state index contributed by atoms with van der Waals surface area (Å²) in [4.78, 5) is 33.6. The number of rotatable bonds is 9. The van der Waals surface area contributed by atoms with Crippen molar-refractivity contribution < 1.29 is 24.9 Å². The molecule has 6 rings (SSSR count). The van der Waals surface area contributed by atoms with E-state index in [1.807, 2.05) is 55.5 Å². The molecule has 2 amide bonds. The smallest absolute Gasteiger partial charge is 0.234 e. The quantitative estimate of drug-likeness (QED) is 0.199. The van der Waals surface area contributed by atoms with Crippen LogP contribution in [0.15, 0.2) is 71.9 Å². The predicted molar refractivity (Wildman–Crippen MR) is 171 cm³/mol. The molecule has 3 aromatic rings. The van der Waals surface area contributed by atoms with Crippen LogP contribution < -0.4 is 0 Å². The molecule has 1 aliphatic heterocycles. The Hall–Kier alpha value is -3.81. The summed E-state index contributed by atoms with van der Waals surface area (Å²) in [6, 6.07) is 17.0. The number of fused-ring (bicyclic) bond motifs is 2. The Balaban J connectivity index is 1.29. The van der Waals surface area contributed by atoms with E-state index in [9.17, 15) is 24.9 Å². The zero-order valence-corrected chi connectivity index (χ0v) is 25.4. The molecular weight excluding hydrogens is 552 g/mol. The third-order valence-corrected chi connectivity index (χ3v) is 10.1. The summed E-state index contributed by atoms with van der Waals surface area (Å²) in [6.07, 6.45) is 9.80. The van der Waals surface area contributed by atoms with Crippen LogP contribution in [-0.2, 0) is 9.59 Å². The number of likely N-dealkylation sites (tertiary alicyclic amines) is 1. The van der Waals surface area contributed by atoms with Crippen molar-refractivity contribution in [3.8, 4) is 5.75 Å². The Labute approximate surface area is 258 Å². The second-order valence-electron chi connectivity index (χ2n) is 12.5.